The number of aliphatic hydroxyl groups is 1. The maximum atomic E-state index is 10.1. The molecule has 4 aliphatic rings. The highest BCUT2D eigenvalue weighted by atomic mass is 16.3. The minimum absolute atomic E-state index is 0.113. The first-order valence-electron chi connectivity index (χ1n) is 10.7. The molecule has 0 amide bonds. The van der Waals surface area contributed by atoms with Gasteiger partial charge in [-0.15, -0.1) is 0 Å². The number of hydrogen-bond donors (Lipinski definition) is 2. The first-order valence-corrected chi connectivity index (χ1v) is 10.7. The minimum atomic E-state index is -0.113. The van der Waals surface area contributed by atoms with Crippen molar-refractivity contribution in [1.29, 1.82) is 5.41 Å². The number of nitrogens with one attached hydrogen (secondary N) is 1. The Balaban J connectivity index is 0.000000932. The smallest absolute Gasteiger partial charge is 0.115 e. The third-order valence-electron chi connectivity index (χ3n) is 8.53. The lowest BCUT2D eigenvalue weighted by atomic mass is 9.47. The van der Waals surface area contributed by atoms with E-state index in [1.165, 1.54) is 36.8 Å². The van der Waals surface area contributed by atoms with Crippen LogP contribution in [0.25, 0.3) is 5.57 Å². The number of allylic oxidation sites excluding steroid dienone is 3. The van der Waals surface area contributed by atoms with E-state index in [0.717, 1.165) is 37.0 Å². The number of rotatable bonds is 1. The maximum absolute atomic E-state index is 10.1. The molecular formula is C24H33N3O. The van der Waals surface area contributed by atoms with Crippen LogP contribution in [0.2, 0.25) is 0 Å². The summed E-state index contributed by atoms with van der Waals surface area (Å²) >= 11 is 0. The van der Waals surface area contributed by atoms with Crippen LogP contribution < -0.4 is 0 Å². The highest BCUT2D eigenvalue weighted by Gasteiger charge is 2.56. The molecule has 2 N–H and O–H groups in total. The van der Waals surface area contributed by atoms with E-state index in [2.05, 4.69) is 42.7 Å². The van der Waals surface area contributed by atoms with Gasteiger partial charge < -0.3 is 10.5 Å². The SMILES string of the molecule is C=N.CC12CCC(O)CC1=CCC1C2CCC2(C)C(c3cncnc3)=CCC12. The van der Waals surface area contributed by atoms with Gasteiger partial charge in [0.05, 0.1) is 6.10 Å². The molecule has 1 aromatic heterocycles. The molecule has 1 aromatic rings. The Labute approximate surface area is 168 Å². The summed E-state index contributed by atoms with van der Waals surface area (Å²) in [4.78, 5) is 8.53. The Bertz CT molecular complexity index is 788. The zero-order valence-corrected chi connectivity index (χ0v) is 17.2. The quantitative estimate of drug-likeness (QED) is 0.529. The van der Waals surface area contributed by atoms with Gasteiger partial charge in [0, 0.05) is 18.0 Å². The van der Waals surface area contributed by atoms with Crippen molar-refractivity contribution in [2.75, 3.05) is 0 Å². The fourth-order valence-corrected chi connectivity index (χ4v) is 7.09. The van der Waals surface area contributed by atoms with Crippen LogP contribution in [0, 0.1) is 34.0 Å². The van der Waals surface area contributed by atoms with Crippen molar-refractivity contribution >= 4 is 12.3 Å². The first-order chi connectivity index (χ1) is 13.5. The zero-order chi connectivity index (χ0) is 19.9. The van der Waals surface area contributed by atoms with E-state index >= 15 is 0 Å². The Morgan fingerprint density at radius 1 is 1.00 bits per heavy atom. The van der Waals surface area contributed by atoms with E-state index in [1.807, 2.05) is 12.4 Å². The molecule has 4 nitrogen and oxygen atoms in total. The summed E-state index contributed by atoms with van der Waals surface area (Å²) in [5.41, 5.74) is 4.85. The largest absolute Gasteiger partial charge is 0.393 e. The Kier molecular flexibility index (Phi) is 5.03. The summed E-state index contributed by atoms with van der Waals surface area (Å²) in [7, 11) is 0. The van der Waals surface area contributed by atoms with E-state index in [0.29, 0.717) is 5.41 Å². The molecule has 28 heavy (non-hydrogen) atoms. The number of aromatic nitrogens is 2. The fourth-order valence-electron chi connectivity index (χ4n) is 7.09. The van der Waals surface area contributed by atoms with Gasteiger partial charge in [-0.05, 0) is 85.8 Å². The Hall–Kier alpha value is -1.81. The molecule has 0 aliphatic heterocycles. The molecule has 0 bridgehead atoms. The van der Waals surface area contributed by atoms with Crippen LogP contribution in [-0.4, -0.2) is 27.9 Å². The van der Waals surface area contributed by atoms with Gasteiger partial charge in [0.2, 0.25) is 0 Å². The summed E-state index contributed by atoms with van der Waals surface area (Å²) in [6.45, 7) is 7.49. The molecule has 0 radical (unpaired) electrons. The monoisotopic (exact) mass is 379 g/mol. The third kappa shape index (κ3) is 2.80. The third-order valence-corrected chi connectivity index (χ3v) is 8.53. The predicted octanol–water partition coefficient (Wildman–Crippen LogP) is 5.06. The number of fused-ring (bicyclic) bond motifs is 5. The summed E-state index contributed by atoms with van der Waals surface area (Å²) in [5, 5.41) is 15.6. The van der Waals surface area contributed by atoms with E-state index in [1.54, 1.807) is 11.9 Å². The lowest BCUT2D eigenvalue weighted by Crippen LogP contribution is -2.49. The van der Waals surface area contributed by atoms with Crippen molar-refractivity contribution in [3.63, 3.8) is 0 Å². The van der Waals surface area contributed by atoms with Gasteiger partial charge in [0.1, 0.15) is 6.33 Å². The highest BCUT2D eigenvalue weighted by molar-refractivity contribution is 5.72. The van der Waals surface area contributed by atoms with E-state index < -0.39 is 0 Å². The van der Waals surface area contributed by atoms with Crippen LogP contribution in [0.5, 0.6) is 0 Å². The number of nitrogens with zero attached hydrogens (tertiary/aromatic N) is 2. The molecule has 5 rings (SSSR count). The molecule has 150 valence electrons. The molecule has 0 spiro atoms. The van der Waals surface area contributed by atoms with Gasteiger partial charge in [0.25, 0.3) is 0 Å². The summed E-state index contributed by atoms with van der Waals surface area (Å²) in [5.74, 6) is 2.29. The van der Waals surface area contributed by atoms with Gasteiger partial charge in [-0.25, -0.2) is 9.97 Å². The van der Waals surface area contributed by atoms with Gasteiger partial charge >= 0.3 is 0 Å². The van der Waals surface area contributed by atoms with E-state index in [9.17, 15) is 5.11 Å². The molecule has 6 unspecified atom stereocenters. The Morgan fingerprint density at radius 2 is 1.71 bits per heavy atom. The van der Waals surface area contributed by atoms with E-state index in [4.69, 9.17) is 5.41 Å². The van der Waals surface area contributed by atoms with Gasteiger partial charge in [-0.1, -0.05) is 31.6 Å². The summed E-state index contributed by atoms with van der Waals surface area (Å²) in [6.07, 6.45) is 18.5. The molecule has 4 aliphatic carbocycles. The average molecular weight is 380 g/mol. The molecular weight excluding hydrogens is 346 g/mol. The second-order valence-electron chi connectivity index (χ2n) is 9.59. The zero-order valence-electron chi connectivity index (χ0n) is 17.2. The standard InChI is InChI=1S/C23H30N2O.CH3N/c1-22-9-7-17(26)11-16(22)3-4-18-20-6-5-19(15-12-24-14-25-13-15)23(20,2)10-8-21(18)22;1-2/h3,5,12-14,17-18,20-21,26H,4,6-11H2,1-2H3;2H,1H2. The van der Waals surface area contributed by atoms with Crippen molar-refractivity contribution in [2.45, 2.75) is 64.9 Å². The summed E-state index contributed by atoms with van der Waals surface area (Å²) in [6, 6.07) is 0. The second-order valence-corrected chi connectivity index (χ2v) is 9.59. The van der Waals surface area contributed by atoms with Crippen LogP contribution in [0.15, 0.2) is 36.4 Å². The van der Waals surface area contributed by atoms with Gasteiger partial charge in [0.15, 0.2) is 0 Å². The molecule has 4 heteroatoms. The normalized spacial score (nSPS) is 41.4. The van der Waals surface area contributed by atoms with Crippen molar-refractivity contribution in [1.82, 2.24) is 9.97 Å². The van der Waals surface area contributed by atoms with Gasteiger partial charge in [-0.3, -0.25) is 0 Å². The Morgan fingerprint density at radius 3 is 2.46 bits per heavy atom. The molecule has 6 atom stereocenters. The molecule has 2 saturated carbocycles. The van der Waals surface area contributed by atoms with Crippen molar-refractivity contribution in [2.24, 2.45) is 28.6 Å². The first kappa shape index (κ1) is 19.5. The predicted molar refractivity (Wildman–Crippen MR) is 113 cm³/mol. The van der Waals surface area contributed by atoms with Crippen LogP contribution in [0.3, 0.4) is 0 Å². The van der Waals surface area contributed by atoms with Crippen LogP contribution in [0.4, 0.5) is 0 Å². The topological polar surface area (TPSA) is 69.9 Å². The molecule has 2 fully saturated rings. The lowest BCUT2D eigenvalue weighted by Gasteiger charge is -2.57. The average Bonchev–Trinajstić information content (AvgIpc) is 3.08. The fraction of sp³-hybridized carbons (Fsp3) is 0.625. The van der Waals surface area contributed by atoms with Crippen LogP contribution in [0.1, 0.15) is 64.4 Å². The molecule has 1 heterocycles. The molecule has 0 aromatic carbocycles. The van der Waals surface area contributed by atoms with E-state index in [-0.39, 0.29) is 11.5 Å². The number of aliphatic hydroxyl groups excluding tert-OH is 1. The maximum Gasteiger partial charge on any atom is 0.115 e. The van der Waals surface area contributed by atoms with Crippen molar-refractivity contribution in [3.8, 4) is 0 Å². The van der Waals surface area contributed by atoms with Crippen molar-refractivity contribution < 1.29 is 5.11 Å². The lowest BCUT2D eigenvalue weighted by molar-refractivity contribution is -0.0238. The highest BCUT2D eigenvalue weighted by Crippen LogP contribution is 2.66. The summed E-state index contributed by atoms with van der Waals surface area (Å²) < 4.78 is 0. The van der Waals surface area contributed by atoms with Crippen molar-refractivity contribution in [3.05, 3.63) is 42.0 Å². The van der Waals surface area contributed by atoms with Crippen LogP contribution >= 0.6 is 0 Å². The second kappa shape index (κ2) is 7.22. The van der Waals surface area contributed by atoms with Gasteiger partial charge in [-0.2, -0.15) is 0 Å². The number of hydrogen-bond acceptors (Lipinski definition) is 4. The van der Waals surface area contributed by atoms with Crippen LogP contribution in [-0.2, 0) is 0 Å². The minimum Gasteiger partial charge on any atom is -0.393 e. The molecule has 0 saturated heterocycles.